The van der Waals surface area contributed by atoms with Crippen molar-refractivity contribution in [1.29, 1.82) is 0 Å². The molecule has 254 valence electrons. The largest absolute Gasteiger partial charge is 0.416 e. The fourth-order valence-corrected chi connectivity index (χ4v) is 8.74. The van der Waals surface area contributed by atoms with Gasteiger partial charge >= 0.3 is 6.18 Å². The summed E-state index contributed by atoms with van der Waals surface area (Å²) in [5, 5.41) is 4.26. The van der Waals surface area contributed by atoms with Gasteiger partial charge in [0.05, 0.1) is 5.56 Å². The summed E-state index contributed by atoms with van der Waals surface area (Å²) in [5.74, 6) is 1.14. The summed E-state index contributed by atoms with van der Waals surface area (Å²) < 4.78 is 40.3. The monoisotopic (exact) mass is 676 g/mol. The van der Waals surface area contributed by atoms with E-state index in [1.165, 1.54) is 17.7 Å². The summed E-state index contributed by atoms with van der Waals surface area (Å²) in [6, 6.07) is 20.7. The number of carbonyl (C=O) groups is 2. The van der Waals surface area contributed by atoms with Crippen molar-refractivity contribution < 1.29 is 22.8 Å². The highest BCUT2D eigenvalue weighted by molar-refractivity contribution is 7.99. The minimum atomic E-state index is -4.47. The van der Waals surface area contributed by atoms with Crippen LogP contribution in [-0.2, 0) is 22.3 Å². The molecule has 2 amide bonds. The molecule has 10 heteroatoms. The van der Waals surface area contributed by atoms with Gasteiger partial charge < -0.3 is 20.1 Å². The van der Waals surface area contributed by atoms with Gasteiger partial charge in [0.25, 0.3) is 0 Å². The van der Waals surface area contributed by atoms with Gasteiger partial charge in [0, 0.05) is 55.0 Å². The number of thioether (sulfide) groups is 1. The van der Waals surface area contributed by atoms with Crippen LogP contribution in [0, 0.1) is 18.3 Å². The standard InChI is InChI=1S/C38H43F3N4O2S/c1-24-33(29-8-6-7-9-31(29)42-24)34-30(36(34,2)3)22-32(46)45(23-25-10-12-26(13-11-25)38(39,40)41)37(18-20-48-21-19-37)35(47)43-27-14-16-28(17-15-27)44(4)5/h6-17,30,34,42H,18-23H2,1-5H3,(H,43,47)/t30-,34-/m0/s1. The fraction of sp³-hybridized carbons (Fsp3) is 0.421. The van der Waals surface area contributed by atoms with Crippen molar-refractivity contribution in [3.8, 4) is 0 Å². The van der Waals surface area contributed by atoms with Crippen LogP contribution in [0.1, 0.15) is 61.4 Å². The van der Waals surface area contributed by atoms with Crippen molar-refractivity contribution in [2.45, 2.75) is 64.2 Å². The summed E-state index contributed by atoms with van der Waals surface area (Å²) in [6.45, 7) is 6.49. The average molecular weight is 677 g/mol. The molecule has 2 atom stereocenters. The number of fused-ring (bicyclic) bond motifs is 1. The van der Waals surface area contributed by atoms with Crippen molar-refractivity contribution in [2.75, 3.05) is 35.8 Å². The first-order valence-electron chi connectivity index (χ1n) is 16.4. The number of aromatic amines is 1. The second-order valence-corrected chi connectivity index (χ2v) is 15.3. The zero-order valence-corrected chi connectivity index (χ0v) is 28.9. The van der Waals surface area contributed by atoms with E-state index in [0.717, 1.165) is 34.4 Å². The first-order chi connectivity index (χ1) is 22.7. The number of amides is 2. The van der Waals surface area contributed by atoms with Gasteiger partial charge in [-0.2, -0.15) is 24.9 Å². The fourth-order valence-electron chi connectivity index (χ4n) is 7.57. The molecule has 4 aromatic rings. The van der Waals surface area contributed by atoms with Crippen molar-refractivity contribution in [3.05, 3.63) is 95.2 Å². The van der Waals surface area contributed by atoms with Gasteiger partial charge in [0.2, 0.25) is 11.8 Å². The van der Waals surface area contributed by atoms with Crippen LogP contribution in [0.25, 0.3) is 10.9 Å². The topological polar surface area (TPSA) is 68.4 Å². The Kier molecular flexibility index (Phi) is 9.08. The molecule has 1 saturated heterocycles. The van der Waals surface area contributed by atoms with Crippen LogP contribution in [-0.4, -0.2) is 52.8 Å². The minimum Gasteiger partial charge on any atom is -0.378 e. The number of hydrogen-bond acceptors (Lipinski definition) is 4. The number of H-pyrrole nitrogens is 1. The molecular weight excluding hydrogens is 634 g/mol. The van der Waals surface area contributed by atoms with E-state index in [4.69, 9.17) is 0 Å². The van der Waals surface area contributed by atoms with Crippen molar-refractivity contribution >= 4 is 45.9 Å². The molecule has 0 spiro atoms. The van der Waals surface area contributed by atoms with Gasteiger partial charge in [-0.25, -0.2) is 0 Å². The lowest BCUT2D eigenvalue weighted by molar-refractivity contribution is -0.147. The zero-order chi connectivity index (χ0) is 34.4. The van der Waals surface area contributed by atoms with Crippen LogP contribution >= 0.6 is 11.8 Å². The maximum Gasteiger partial charge on any atom is 0.416 e. The first kappa shape index (κ1) is 34.0. The van der Waals surface area contributed by atoms with Crippen molar-refractivity contribution in [3.63, 3.8) is 0 Å². The van der Waals surface area contributed by atoms with Gasteiger partial charge in [-0.05, 0) is 102 Å². The number of anilines is 2. The minimum absolute atomic E-state index is 0.0367. The highest BCUT2D eigenvalue weighted by Gasteiger charge is 2.60. The molecule has 6 nitrogen and oxygen atoms in total. The Morgan fingerprint density at radius 1 is 0.958 bits per heavy atom. The number of benzene rings is 3. The third-order valence-corrected chi connectivity index (χ3v) is 11.5. The number of aryl methyl sites for hydroxylation is 1. The van der Waals surface area contributed by atoms with Crippen LogP contribution in [0.5, 0.6) is 0 Å². The highest BCUT2D eigenvalue weighted by atomic mass is 32.2. The summed E-state index contributed by atoms with van der Waals surface area (Å²) in [7, 11) is 3.89. The lowest BCUT2D eigenvalue weighted by Gasteiger charge is -2.45. The molecule has 1 aromatic heterocycles. The Morgan fingerprint density at radius 3 is 2.23 bits per heavy atom. The van der Waals surface area contributed by atoms with Crippen LogP contribution in [0.3, 0.4) is 0 Å². The number of halogens is 3. The molecule has 2 aliphatic rings. The SMILES string of the molecule is Cc1[nH]c2ccccc2c1[C@@H]1[C@H](CC(=O)N(Cc2ccc(C(F)(F)F)cc2)C2(C(=O)Nc3ccc(N(C)C)cc3)CCSCC2)C1(C)C. The third kappa shape index (κ3) is 6.43. The number of aromatic nitrogens is 1. The second-order valence-electron chi connectivity index (χ2n) is 14.0. The number of alkyl halides is 3. The Hall–Kier alpha value is -3.92. The molecule has 1 aliphatic heterocycles. The lowest BCUT2D eigenvalue weighted by Crippen LogP contribution is -2.60. The molecule has 1 aliphatic carbocycles. The van der Waals surface area contributed by atoms with Gasteiger partial charge in [0.1, 0.15) is 5.54 Å². The Labute approximate surface area is 284 Å². The summed E-state index contributed by atoms with van der Waals surface area (Å²) in [4.78, 5) is 36.3. The van der Waals surface area contributed by atoms with E-state index < -0.39 is 17.3 Å². The highest BCUT2D eigenvalue weighted by Crippen LogP contribution is 2.67. The Balaban J connectivity index is 1.34. The number of carbonyl (C=O) groups excluding carboxylic acids is 2. The molecule has 1 saturated carbocycles. The normalized spacial score (nSPS) is 19.9. The lowest BCUT2D eigenvalue weighted by atomic mass is 9.87. The van der Waals surface area contributed by atoms with E-state index in [-0.39, 0.29) is 42.0 Å². The van der Waals surface area contributed by atoms with Crippen LogP contribution in [0.2, 0.25) is 0 Å². The molecule has 0 radical (unpaired) electrons. The number of hydrogen-bond donors (Lipinski definition) is 2. The summed E-state index contributed by atoms with van der Waals surface area (Å²) >= 11 is 1.74. The van der Waals surface area contributed by atoms with Gasteiger partial charge in [0.15, 0.2) is 0 Å². The molecule has 2 N–H and O–H groups in total. The molecule has 2 heterocycles. The van der Waals surface area contributed by atoms with Gasteiger partial charge in [-0.1, -0.05) is 44.2 Å². The van der Waals surface area contributed by atoms with E-state index in [0.29, 0.717) is 35.6 Å². The van der Waals surface area contributed by atoms with Crippen LogP contribution < -0.4 is 10.2 Å². The Morgan fingerprint density at radius 2 is 1.60 bits per heavy atom. The summed E-state index contributed by atoms with van der Waals surface area (Å²) in [5.41, 5.74) is 3.49. The van der Waals surface area contributed by atoms with Gasteiger partial charge in [-0.3, -0.25) is 9.59 Å². The van der Waals surface area contributed by atoms with Crippen LogP contribution in [0.4, 0.5) is 24.5 Å². The maximum atomic E-state index is 14.7. The maximum absolute atomic E-state index is 14.7. The van der Waals surface area contributed by atoms with E-state index in [2.05, 4.69) is 43.2 Å². The number of para-hydroxylation sites is 1. The number of rotatable bonds is 9. The second kappa shape index (κ2) is 12.8. The van der Waals surface area contributed by atoms with E-state index >= 15 is 0 Å². The molecule has 6 rings (SSSR count). The quantitative estimate of drug-likeness (QED) is 0.186. The molecule has 0 unspecified atom stereocenters. The first-order valence-corrected chi connectivity index (χ1v) is 17.6. The molecule has 0 bridgehead atoms. The van der Waals surface area contributed by atoms with Crippen molar-refractivity contribution in [1.82, 2.24) is 9.88 Å². The Bertz CT molecular complexity index is 1790. The molecule has 3 aromatic carbocycles. The third-order valence-electron chi connectivity index (χ3n) is 10.5. The number of nitrogens with one attached hydrogen (secondary N) is 2. The van der Waals surface area contributed by atoms with E-state index in [1.807, 2.05) is 55.4 Å². The number of nitrogens with zero attached hydrogens (tertiary/aromatic N) is 2. The van der Waals surface area contributed by atoms with Crippen molar-refractivity contribution in [2.24, 2.45) is 11.3 Å². The molecule has 2 fully saturated rings. The average Bonchev–Trinajstić information content (AvgIpc) is 3.40. The van der Waals surface area contributed by atoms with E-state index in [9.17, 15) is 22.8 Å². The smallest absolute Gasteiger partial charge is 0.378 e. The predicted molar refractivity (Wildman–Crippen MR) is 188 cm³/mol. The predicted octanol–water partition coefficient (Wildman–Crippen LogP) is 8.62. The van der Waals surface area contributed by atoms with Gasteiger partial charge in [-0.15, -0.1) is 0 Å². The van der Waals surface area contributed by atoms with E-state index in [1.54, 1.807) is 16.7 Å². The zero-order valence-electron chi connectivity index (χ0n) is 28.1. The van der Waals surface area contributed by atoms with Crippen LogP contribution in [0.15, 0.2) is 72.8 Å². The molecular formula is C38H43F3N4O2S. The summed E-state index contributed by atoms with van der Waals surface area (Å²) in [6.07, 6.45) is -3.34. The molecule has 48 heavy (non-hydrogen) atoms.